The summed E-state index contributed by atoms with van der Waals surface area (Å²) in [7, 11) is 0. The largest absolute Gasteiger partial charge is 0.396 e. The molecule has 0 spiro atoms. The van der Waals surface area contributed by atoms with Crippen molar-refractivity contribution in [2.45, 2.75) is 26.2 Å². The number of hydrogen-bond donors (Lipinski definition) is 3. The van der Waals surface area contributed by atoms with Crippen molar-refractivity contribution in [2.24, 2.45) is 5.92 Å². The topological polar surface area (TPSA) is 95.2 Å². The molecule has 0 unspecified atom stereocenters. The molecule has 100 valence electrons. The molecule has 1 aliphatic rings. The summed E-state index contributed by atoms with van der Waals surface area (Å²) in [6.07, 6.45) is 2.42. The number of aliphatic hydroxyl groups is 1. The molecule has 0 radical (unpaired) electrons. The maximum absolute atomic E-state index is 12.2. The van der Waals surface area contributed by atoms with E-state index in [0.29, 0.717) is 30.4 Å². The third-order valence-corrected chi connectivity index (χ3v) is 3.60. The van der Waals surface area contributed by atoms with Crippen molar-refractivity contribution in [3.8, 4) is 0 Å². The van der Waals surface area contributed by atoms with Crippen molar-refractivity contribution in [3.63, 3.8) is 0 Å². The average molecular weight is 252 g/mol. The van der Waals surface area contributed by atoms with Crippen molar-refractivity contribution in [3.05, 3.63) is 11.4 Å². The highest BCUT2D eigenvalue weighted by molar-refractivity contribution is 5.97. The molecular weight excluding hydrogens is 232 g/mol. The summed E-state index contributed by atoms with van der Waals surface area (Å²) in [5, 5.41) is 15.9. The number of amides is 1. The third-order valence-electron chi connectivity index (χ3n) is 3.60. The molecule has 1 fully saturated rings. The number of aromatic nitrogens is 2. The van der Waals surface area contributed by atoms with Crippen LogP contribution in [-0.4, -0.2) is 45.8 Å². The van der Waals surface area contributed by atoms with Crippen LogP contribution in [-0.2, 0) is 6.42 Å². The molecule has 6 heteroatoms. The van der Waals surface area contributed by atoms with Crippen LogP contribution in [0.5, 0.6) is 0 Å². The van der Waals surface area contributed by atoms with Gasteiger partial charge in [0.15, 0.2) is 5.69 Å². The van der Waals surface area contributed by atoms with Crippen LogP contribution in [0.1, 0.15) is 35.9 Å². The molecule has 1 aromatic heterocycles. The van der Waals surface area contributed by atoms with Gasteiger partial charge in [0.25, 0.3) is 5.91 Å². The molecule has 0 aliphatic carbocycles. The second-order valence-corrected chi connectivity index (χ2v) is 4.74. The quantitative estimate of drug-likeness (QED) is 0.725. The molecule has 0 atom stereocenters. The minimum absolute atomic E-state index is 0.111. The first-order chi connectivity index (χ1) is 8.67. The molecule has 0 saturated carbocycles. The monoisotopic (exact) mass is 252 g/mol. The van der Waals surface area contributed by atoms with E-state index >= 15 is 0 Å². The Morgan fingerprint density at radius 1 is 1.56 bits per heavy atom. The van der Waals surface area contributed by atoms with E-state index in [4.69, 9.17) is 10.8 Å². The van der Waals surface area contributed by atoms with Gasteiger partial charge in [-0.05, 0) is 25.2 Å². The lowest BCUT2D eigenvalue weighted by Crippen LogP contribution is -2.39. The van der Waals surface area contributed by atoms with Crippen LogP contribution in [0.2, 0.25) is 0 Å². The summed E-state index contributed by atoms with van der Waals surface area (Å²) in [6.45, 7) is 3.49. The van der Waals surface area contributed by atoms with Gasteiger partial charge in [-0.25, -0.2) is 0 Å². The molecule has 18 heavy (non-hydrogen) atoms. The summed E-state index contributed by atoms with van der Waals surface area (Å²) in [5.41, 5.74) is 7.50. The second kappa shape index (κ2) is 5.39. The molecule has 0 bridgehead atoms. The number of aryl methyl sites for hydroxylation is 1. The van der Waals surface area contributed by atoms with Crippen molar-refractivity contribution >= 4 is 11.6 Å². The fraction of sp³-hybridized carbons (Fsp3) is 0.667. The molecule has 1 saturated heterocycles. The number of hydrogen-bond acceptors (Lipinski definition) is 4. The van der Waals surface area contributed by atoms with Crippen molar-refractivity contribution in [1.29, 1.82) is 0 Å². The normalized spacial score (nSPS) is 17.1. The van der Waals surface area contributed by atoms with E-state index in [1.54, 1.807) is 4.90 Å². The zero-order valence-electron chi connectivity index (χ0n) is 10.6. The predicted molar refractivity (Wildman–Crippen MR) is 68.1 cm³/mol. The lowest BCUT2D eigenvalue weighted by atomic mass is 9.97. The standard InChI is InChI=1S/C12H20N4O2/c1-2-9-10(13)11(15-14-9)12(18)16-5-3-8(7-17)4-6-16/h8,17H,2-7,13H2,1H3,(H,14,15). The number of piperidine rings is 1. The first-order valence-electron chi connectivity index (χ1n) is 6.40. The zero-order chi connectivity index (χ0) is 13.1. The number of carbonyl (C=O) groups is 1. The number of nitrogen functional groups attached to an aromatic ring is 1. The van der Waals surface area contributed by atoms with Gasteiger partial charge in [0.2, 0.25) is 0 Å². The van der Waals surface area contributed by atoms with E-state index in [2.05, 4.69) is 10.2 Å². The first kappa shape index (κ1) is 12.9. The summed E-state index contributed by atoms with van der Waals surface area (Å²) in [5.74, 6) is 0.205. The molecule has 6 nitrogen and oxygen atoms in total. The van der Waals surface area contributed by atoms with Crippen LogP contribution in [0.3, 0.4) is 0 Å². The van der Waals surface area contributed by atoms with E-state index in [0.717, 1.165) is 25.0 Å². The summed E-state index contributed by atoms with van der Waals surface area (Å²) in [4.78, 5) is 14.0. The Morgan fingerprint density at radius 2 is 2.22 bits per heavy atom. The maximum Gasteiger partial charge on any atom is 0.276 e. The van der Waals surface area contributed by atoms with Crippen LogP contribution in [0, 0.1) is 5.92 Å². The Balaban J connectivity index is 2.05. The number of rotatable bonds is 3. The van der Waals surface area contributed by atoms with Crippen LogP contribution in [0.4, 0.5) is 5.69 Å². The Morgan fingerprint density at radius 3 is 2.72 bits per heavy atom. The molecule has 0 aromatic carbocycles. The highest BCUT2D eigenvalue weighted by Crippen LogP contribution is 2.21. The lowest BCUT2D eigenvalue weighted by Gasteiger charge is -2.30. The van der Waals surface area contributed by atoms with E-state index in [1.165, 1.54) is 0 Å². The number of nitrogens with one attached hydrogen (secondary N) is 1. The first-order valence-corrected chi connectivity index (χ1v) is 6.40. The van der Waals surface area contributed by atoms with Crippen LogP contribution in [0.15, 0.2) is 0 Å². The van der Waals surface area contributed by atoms with Gasteiger partial charge in [-0.2, -0.15) is 5.10 Å². The van der Waals surface area contributed by atoms with E-state index in [-0.39, 0.29) is 12.5 Å². The number of nitrogens with two attached hydrogens (primary N) is 1. The lowest BCUT2D eigenvalue weighted by molar-refractivity contribution is 0.0646. The smallest absolute Gasteiger partial charge is 0.276 e. The van der Waals surface area contributed by atoms with Gasteiger partial charge in [-0.3, -0.25) is 9.89 Å². The van der Waals surface area contributed by atoms with Gasteiger partial charge in [0, 0.05) is 19.7 Å². The maximum atomic E-state index is 12.2. The molecule has 2 rings (SSSR count). The fourth-order valence-corrected chi connectivity index (χ4v) is 2.29. The average Bonchev–Trinajstić information content (AvgIpc) is 2.79. The highest BCUT2D eigenvalue weighted by Gasteiger charge is 2.26. The fourth-order valence-electron chi connectivity index (χ4n) is 2.29. The number of anilines is 1. The Labute approximate surface area is 106 Å². The van der Waals surface area contributed by atoms with Crippen molar-refractivity contribution in [2.75, 3.05) is 25.4 Å². The van der Waals surface area contributed by atoms with E-state index < -0.39 is 0 Å². The Bertz CT molecular complexity index is 422. The van der Waals surface area contributed by atoms with Gasteiger partial charge in [-0.1, -0.05) is 6.92 Å². The Hall–Kier alpha value is -1.56. The van der Waals surface area contributed by atoms with Gasteiger partial charge in [0.05, 0.1) is 11.4 Å². The molecule has 1 aromatic rings. The van der Waals surface area contributed by atoms with Gasteiger partial charge >= 0.3 is 0 Å². The number of H-pyrrole nitrogens is 1. The summed E-state index contributed by atoms with van der Waals surface area (Å²) >= 11 is 0. The number of aliphatic hydroxyl groups excluding tert-OH is 1. The molecule has 1 aliphatic heterocycles. The predicted octanol–water partition coefficient (Wildman–Crippen LogP) is 0.399. The van der Waals surface area contributed by atoms with Crippen LogP contribution in [0.25, 0.3) is 0 Å². The minimum atomic E-state index is -0.111. The second-order valence-electron chi connectivity index (χ2n) is 4.74. The number of likely N-dealkylation sites (tertiary alicyclic amines) is 1. The molecule has 2 heterocycles. The molecular formula is C12H20N4O2. The van der Waals surface area contributed by atoms with E-state index in [1.807, 2.05) is 6.92 Å². The number of nitrogens with zero attached hydrogens (tertiary/aromatic N) is 2. The summed E-state index contributed by atoms with van der Waals surface area (Å²) in [6, 6.07) is 0. The SMILES string of the molecule is CCc1[nH]nc(C(=O)N2CCC(CO)CC2)c1N. The van der Waals surface area contributed by atoms with Gasteiger partial charge in [-0.15, -0.1) is 0 Å². The summed E-state index contributed by atoms with van der Waals surface area (Å²) < 4.78 is 0. The van der Waals surface area contributed by atoms with Crippen molar-refractivity contribution < 1.29 is 9.90 Å². The van der Waals surface area contributed by atoms with Gasteiger partial charge < -0.3 is 15.7 Å². The van der Waals surface area contributed by atoms with E-state index in [9.17, 15) is 4.79 Å². The molecule has 4 N–H and O–H groups in total. The highest BCUT2D eigenvalue weighted by atomic mass is 16.3. The van der Waals surface area contributed by atoms with Crippen LogP contribution >= 0.6 is 0 Å². The van der Waals surface area contributed by atoms with Crippen LogP contribution < -0.4 is 5.73 Å². The zero-order valence-corrected chi connectivity index (χ0v) is 10.6. The Kier molecular flexibility index (Phi) is 3.86. The third kappa shape index (κ3) is 2.33. The number of aromatic amines is 1. The minimum Gasteiger partial charge on any atom is -0.396 e. The molecule has 1 amide bonds. The van der Waals surface area contributed by atoms with Gasteiger partial charge in [0.1, 0.15) is 0 Å². The number of carbonyl (C=O) groups excluding carboxylic acids is 1. The van der Waals surface area contributed by atoms with Crippen molar-refractivity contribution in [1.82, 2.24) is 15.1 Å².